The van der Waals surface area contributed by atoms with Crippen LogP contribution in [0.4, 0.5) is 0 Å². The highest BCUT2D eigenvalue weighted by Crippen LogP contribution is 2.43. The Hall–Kier alpha value is -6.73. The first-order valence-electron chi connectivity index (χ1n) is 15.8. The molecule has 7 heteroatoms. The molecule has 6 aromatic heterocycles. The quantitative estimate of drug-likeness (QED) is 0.197. The van der Waals surface area contributed by atoms with Crippen LogP contribution in [0.2, 0.25) is 0 Å². The average molecular weight is 616 g/mol. The van der Waals surface area contributed by atoms with E-state index in [2.05, 4.69) is 115 Å². The van der Waals surface area contributed by atoms with Gasteiger partial charge in [-0.15, -0.1) is 0 Å². The largest absolute Gasteiger partial charge is 0.307 e. The van der Waals surface area contributed by atoms with Gasteiger partial charge in [-0.25, -0.2) is 4.98 Å². The molecule has 0 atom stereocenters. The Morgan fingerprint density at radius 2 is 1.04 bits per heavy atom. The molecule has 0 radical (unpaired) electrons. The van der Waals surface area contributed by atoms with Gasteiger partial charge in [-0.05, 0) is 66.7 Å². The molecule has 6 heterocycles. The Balaban J connectivity index is 1.42. The molecule has 0 aliphatic carbocycles. The lowest BCUT2D eigenvalue weighted by molar-refractivity contribution is 1.13. The topological polar surface area (TPSA) is 74.3 Å². The molecule has 0 spiro atoms. The van der Waals surface area contributed by atoms with Crippen molar-refractivity contribution in [1.29, 1.82) is 0 Å². The number of aromatic nitrogens is 7. The lowest BCUT2D eigenvalue weighted by Gasteiger charge is -2.14. The second-order valence-corrected chi connectivity index (χ2v) is 11.8. The SMILES string of the molecule is c1ccc(-n2c3ccc4nccnc4c3c3ccc4c5ccccc5n(-c5cc(-c6ccccn6)nc(-c6ccccn6)c5)c4c32)cc1. The number of rotatable bonds is 4. The third kappa shape index (κ3) is 3.91. The number of fused-ring (bicyclic) bond motifs is 9. The molecule has 224 valence electrons. The second kappa shape index (κ2) is 10.4. The van der Waals surface area contributed by atoms with Gasteiger partial charge in [0.05, 0.1) is 61.6 Å². The molecule has 10 rings (SSSR count). The standard InChI is InChI=1S/C41H25N7/c1-2-10-26(11-3-1)47-37-19-18-33-39(45-23-22-44-33)38(37)30-17-16-29-28-12-4-5-15-36(28)48(40(29)41(30)47)27-24-34(31-13-6-8-20-42-31)46-35(25-27)32-14-7-9-21-43-32/h1-25H. The minimum absolute atomic E-state index is 0.775. The maximum atomic E-state index is 5.08. The number of nitrogens with zero attached hydrogens (tertiary/aromatic N) is 7. The lowest BCUT2D eigenvalue weighted by atomic mass is 10.1. The first-order chi connectivity index (χ1) is 23.8. The number of para-hydroxylation sites is 2. The fraction of sp³-hybridized carbons (Fsp3) is 0. The van der Waals surface area contributed by atoms with Gasteiger partial charge in [-0.3, -0.25) is 19.9 Å². The molecule has 0 N–H and O–H groups in total. The summed E-state index contributed by atoms with van der Waals surface area (Å²) < 4.78 is 4.75. The summed E-state index contributed by atoms with van der Waals surface area (Å²) in [6.45, 7) is 0. The van der Waals surface area contributed by atoms with E-state index < -0.39 is 0 Å². The smallest absolute Gasteiger partial charge is 0.0986 e. The van der Waals surface area contributed by atoms with Crippen LogP contribution in [0.15, 0.2) is 152 Å². The Bertz CT molecular complexity index is 2760. The van der Waals surface area contributed by atoms with E-state index in [-0.39, 0.29) is 0 Å². The van der Waals surface area contributed by atoms with E-state index in [1.54, 1.807) is 24.8 Å². The molecule has 0 fully saturated rings. The van der Waals surface area contributed by atoms with Gasteiger partial charge in [0.15, 0.2) is 0 Å². The minimum atomic E-state index is 0.775. The van der Waals surface area contributed by atoms with Crippen LogP contribution in [0.25, 0.3) is 88.8 Å². The highest BCUT2D eigenvalue weighted by molar-refractivity contribution is 6.27. The Labute approximate surface area is 274 Å². The first kappa shape index (κ1) is 26.5. The van der Waals surface area contributed by atoms with E-state index in [0.29, 0.717) is 0 Å². The van der Waals surface area contributed by atoms with Crippen molar-refractivity contribution in [2.45, 2.75) is 0 Å². The van der Waals surface area contributed by atoms with Crippen LogP contribution >= 0.6 is 0 Å². The van der Waals surface area contributed by atoms with Gasteiger partial charge >= 0.3 is 0 Å². The molecule has 0 amide bonds. The van der Waals surface area contributed by atoms with Gasteiger partial charge < -0.3 is 9.13 Å². The minimum Gasteiger partial charge on any atom is -0.307 e. The summed E-state index contributed by atoms with van der Waals surface area (Å²) in [5, 5.41) is 4.51. The molecule has 4 aromatic carbocycles. The van der Waals surface area contributed by atoms with Crippen molar-refractivity contribution >= 4 is 54.6 Å². The normalized spacial score (nSPS) is 11.8. The molecule has 48 heavy (non-hydrogen) atoms. The summed E-state index contributed by atoms with van der Waals surface area (Å²) in [5.74, 6) is 0. The maximum Gasteiger partial charge on any atom is 0.0986 e. The van der Waals surface area contributed by atoms with Crippen molar-refractivity contribution in [1.82, 2.24) is 34.1 Å². The van der Waals surface area contributed by atoms with Crippen molar-refractivity contribution in [3.63, 3.8) is 0 Å². The zero-order chi connectivity index (χ0) is 31.6. The van der Waals surface area contributed by atoms with Crippen LogP contribution in [0, 0.1) is 0 Å². The first-order valence-corrected chi connectivity index (χ1v) is 15.8. The van der Waals surface area contributed by atoms with Crippen LogP contribution in [-0.4, -0.2) is 34.1 Å². The molecule has 0 bridgehead atoms. The maximum absolute atomic E-state index is 5.08. The monoisotopic (exact) mass is 615 g/mol. The summed E-state index contributed by atoms with van der Waals surface area (Å²) in [5.41, 5.74) is 11.3. The number of hydrogen-bond acceptors (Lipinski definition) is 5. The summed E-state index contributed by atoms with van der Waals surface area (Å²) in [6.07, 6.45) is 7.14. The van der Waals surface area contributed by atoms with Crippen molar-refractivity contribution in [2.75, 3.05) is 0 Å². The van der Waals surface area contributed by atoms with E-state index in [1.807, 2.05) is 36.4 Å². The summed E-state index contributed by atoms with van der Waals surface area (Å²) in [7, 11) is 0. The lowest BCUT2D eigenvalue weighted by Crippen LogP contribution is -2.01. The zero-order valence-corrected chi connectivity index (χ0v) is 25.6. The molecule has 0 aliphatic heterocycles. The molecule has 7 nitrogen and oxygen atoms in total. The van der Waals surface area contributed by atoms with Crippen LogP contribution in [0.3, 0.4) is 0 Å². The highest BCUT2D eigenvalue weighted by atomic mass is 15.1. The van der Waals surface area contributed by atoms with E-state index in [0.717, 1.165) is 83.4 Å². The summed E-state index contributed by atoms with van der Waals surface area (Å²) >= 11 is 0. The van der Waals surface area contributed by atoms with Gasteiger partial charge in [0.25, 0.3) is 0 Å². The Morgan fingerprint density at radius 3 is 1.79 bits per heavy atom. The Kier molecular flexibility index (Phi) is 5.74. The van der Waals surface area contributed by atoms with Gasteiger partial charge in [0.2, 0.25) is 0 Å². The third-order valence-electron chi connectivity index (χ3n) is 9.10. The van der Waals surface area contributed by atoms with Crippen molar-refractivity contribution < 1.29 is 0 Å². The van der Waals surface area contributed by atoms with Gasteiger partial charge in [0.1, 0.15) is 0 Å². The molecule has 0 saturated carbocycles. The molecule has 10 aromatic rings. The second-order valence-electron chi connectivity index (χ2n) is 11.8. The fourth-order valence-corrected chi connectivity index (χ4v) is 7.12. The van der Waals surface area contributed by atoms with Crippen LogP contribution in [-0.2, 0) is 0 Å². The third-order valence-corrected chi connectivity index (χ3v) is 9.10. The fourth-order valence-electron chi connectivity index (χ4n) is 7.12. The van der Waals surface area contributed by atoms with E-state index in [4.69, 9.17) is 9.97 Å². The van der Waals surface area contributed by atoms with Crippen LogP contribution < -0.4 is 0 Å². The zero-order valence-electron chi connectivity index (χ0n) is 25.6. The van der Waals surface area contributed by atoms with Crippen LogP contribution in [0.5, 0.6) is 0 Å². The van der Waals surface area contributed by atoms with E-state index in [1.165, 1.54) is 5.39 Å². The highest BCUT2D eigenvalue weighted by Gasteiger charge is 2.23. The van der Waals surface area contributed by atoms with Crippen molar-refractivity contribution in [3.8, 4) is 34.2 Å². The van der Waals surface area contributed by atoms with Crippen molar-refractivity contribution in [2.24, 2.45) is 0 Å². The van der Waals surface area contributed by atoms with Crippen molar-refractivity contribution in [3.05, 3.63) is 152 Å². The van der Waals surface area contributed by atoms with Gasteiger partial charge in [0, 0.05) is 52.0 Å². The molecular weight excluding hydrogens is 591 g/mol. The molecule has 0 aliphatic rings. The number of hydrogen-bond donors (Lipinski definition) is 0. The molecule has 0 saturated heterocycles. The van der Waals surface area contributed by atoms with E-state index in [9.17, 15) is 0 Å². The average Bonchev–Trinajstić information content (AvgIpc) is 3.69. The Morgan fingerprint density at radius 1 is 0.396 bits per heavy atom. The van der Waals surface area contributed by atoms with E-state index >= 15 is 0 Å². The van der Waals surface area contributed by atoms with Crippen LogP contribution in [0.1, 0.15) is 0 Å². The predicted octanol–water partition coefficient (Wildman–Crippen LogP) is 9.34. The summed E-state index contributed by atoms with van der Waals surface area (Å²) in [4.78, 5) is 24.0. The summed E-state index contributed by atoms with van der Waals surface area (Å²) in [6, 6.07) is 44.0. The number of benzene rings is 4. The molecule has 0 unspecified atom stereocenters. The van der Waals surface area contributed by atoms with Gasteiger partial charge in [-0.1, -0.05) is 60.7 Å². The van der Waals surface area contributed by atoms with Gasteiger partial charge in [-0.2, -0.15) is 0 Å². The number of pyridine rings is 3. The predicted molar refractivity (Wildman–Crippen MR) is 192 cm³/mol. The molecular formula is C41H25N7.